The van der Waals surface area contributed by atoms with Gasteiger partial charge in [-0.2, -0.15) is 4.31 Å². The first kappa shape index (κ1) is 15.9. The van der Waals surface area contributed by atoms with Crippen molar-refractivity contribution >= 4 is 21.6 Å². The molecule has 1 amide bonds. The lowest BCUT2D eigenvalue weighted by Gasteiger charge is -2.39. The highest BCUT2D eigenvalue weighted by atomic mass is 32.2. The van der Waals surface area contributed by atoms with Crippen LogP contribution in [0.2, 0.25) is 0 Å². The topological polar surface area (TPSA) is 79.0 Å². The summed E-state index contributed by atoms with van der Waals surface area (Å²) in [5, 5.41) is 2.66. The number of hydrogen-bond donors (Lipinski definition) is 1. The average molecular weight is 351 g/mol. The van der Waals surface area contributed by atoms with E-state index < -0.39 is 10.0 Å². The minimum atomic E-state index is -3.59. The molecule has 7 nitrogen and oxygen atoms in total. The number of ether oxygens (including phenoxy) is 1. The molecule has 2 heterocycles. The molecule has 0 radical (unpaired) electrons. The quantitative estimate of drug-likeness (QED) is 0.874. The first-order valence-electron chi connectivity index (χ1n) is 8.28. The van der Waals surface area contributed by atoms with E-state index in [1.807, 2.05) is 6.92 Å². The molecule has 1 saturated carbocycles. The van der Waals surface area contributed by atoms with Gasteiger partial charge >= 0.3 is 0 Å². The van der Waals surface area contributed by atoms with E-state index >= 15 is 0 Å². The normalized spacial score (nSPS) is 25.7. The molecule has 1 saturated heterocycles. The van der Waals surface area contributed by atoms with Gasteiger partial charge in [-0.3, -0.25) is 9.69 Å². The van der Waals surface area contributed by atoms with Crippen molar-refractivity contribution in [1.82, 2.24) is 9.21 Å². The maximum absolute atomic E-state index is 13.0. The molecule has 1 N–H and O–H groups in total. The number of amides is 1. The smallest absolute Gasteiger partial charge is 0.262 e. The SMILES string of the molecule is CC1CN(C2CC2)CCN1S(=O)(=O)c1ccc2c(c1)NC(=O)CO2. The molecule has 2 fully saturated rings. The summed E-state index contributed by atoms with van der Waals surface area (Å²) in [6, 6.07) is 5.22. The Morgan fingerprint density at radius 1 is 1.25 bits per heavy atom. The van der Waals surface area contributed by atoms with Crippen molar-refractivity contribution in [1.29, 1.82) is 0 Å². The number of carbonyl (C=O) groups is 1. The summed E-state index contributed by atoms with van der Waals surface area (Å²) in [5.41, 5.74) is 0.414. The van der Waals surface area contributed by atoms with Crippen molar-refractivity contribution < 1.29 is 17.9 Å². The summed E-state index contributed by atoms with van der Waals surface area (Å²) in [6.07, 6.45) is 2.45. The highest BCUT2D eigenvalue weighted by Gasteiger charge is 2.38. The van der Waals surface area contributed by atoms with Gasteiger partial charge in [0.05, 0.1) is 10.6 Å². The molecule has 24 heavy (non-hydrogen) atoms. The number of carbonyl (C=O) groups excluding carboxylic acids is 1. The fourth-order valence-electron chi connectivity index (χ4n) is 3.46. The van der Waals surface area contributed by atoms with Crippen molar-refractivity contribution in [3.05, 3.63) is 18.2 Å². The van der Waals surface area contributed by atoms with Crippen LogP contribution in [0.25, 0.3) is 0 Å². The van der Waals surface area contributed by atoms with E-state index in [9.17, 15) is 13.2 Å². The van der Waals surface area contributed by atoms with Crippen molar-refractivity contribution in [3.63, 3.8) is 0 Å². The molecule has 130 valence electrons. The van der Waals surface area contributed by atoms with E-state index in [2.05, 4.69) is 10.2 Å². The Hall–Kier alpha value is -1.64. The monoisotopic (exact) mass is 351 g/mol. The number of sulfonamides is 1. The lowest BCUT2D eigenvalue weighted by Crippen LogP contribution is -2.54. The molecule has 3 aliphatic rings. The standard InChI is InChI=1S/C16H21N3O4S/c1-11-9-18(12-2-3-12)6-7-19(11)24(21,22)13-4-5-15-14(8-13)17-16(20)10-23-15/h4-5,8,11-12H,2-3,6-7,9-10H2,1H3,(H,17,20). The molecule has 4 rings (SSSR count). The number of fused-ring (bicyclic) bond motifs is 1. The van der Waals surface area contributed by atoms with E-state index in [0.717, 1.165) is 13.1 Å². The van der Waals surface area contributed by atoms with Crippen LogP contribution in [0, 0.1) is 0 Å². The van der Waals surface area contributed by atoms with Gasteiger partial charge in [0.1, 0.15) is 5.75 Å². The van der Waals surface area contributed by atoms with Gasteiger partial charge in [-0.05, 0) is 38.0 Å². The highest BCUT2D eigenvalue weighted by Crippen LogP contribution is 2.33. The molecule has 1 aromatic carbocycles. The molecule has 1 unspecified atom stereocenters. The molecule has 1 aliphatic carbocycles. The Bertz CT molecular complexity index is 776. The number of nitrogens with one attached hydrogen (secondary N) is 1. The largest absolute Gasteiger partial charge is 0.482 e. The van der Waals surface area contributed by atoms with Gasteiger partial charge in [0.15, 0.2) is 6.61 Å². The van der Waals surface area contributed by atoms with Gasteiger partial charge in [0.2, 0.25) is 10.0 Å². The van der Waals surface area contributed by atoms with Gasteiger partial charge < -0.3 is 10.1 Å². The second-order valence-electron chi connectivity index (χ2n) is 6.69. The first-order chi connectivity index (χ1) is 11.4. The molecular weight excluding hydrogens is 330 g/mol. The summed E-state index contributed by atoms with van der Waals surface area (Å²) in [7, 11) is -3.59. The van der Waals surface area contributed by atoms with Crippen LogP contribution in [0.3, 0.4) is 0 Å². The predicted molar refractivity (Wildman–Crippen MR) is 88.5 cm³/mol. The van der Waals surface area contributed by atoms with Crippen molar-refractivity contribution in [2.45, 2.75) is 36.7 Å². The van der Waals surface area contributed by atoms with Crippen LogP contribution in [0.4, 0.5) is 5.69 Å². The zero-order valence-corrected chi connectivity index (χ0v) is 14.4. The molecule has 0 bridgehead atoms. The minimum absolute atomic E-state index is 0.0424. The van der Waals surface area contributed by atoms with E-state index in [1.165, 1.54) is 18.9 Å². The van der Waals surface area contributed by atoms with E-state index in [-0.39, 0.29) is 23.5 Å². The number of anilines is 1. The van der Waals surface area contributed by atoms with Crippen LogP contribution in [-0.2, 0) is 14.8 Å². The van der Waals surface area contributed by atoms with Crippen molar-refractivity contribution in [3.8, 4) is 5.75 Å². The van der Waals surface area contributed by atoms with Gasteiger partial charge in [0.25, 0.3) is 5.91 Å². The zero-order valence-electron chi connectivity index (χ0n) is 13.6. The maximum atomic E-state index is 13.0. The molecule has 2 aliphatic heterocycles. The van der Waals surface area contributed by atoms with Crippen LogP contribution in [0.15, 0.2) is 23.1 Å². The van der Waals surface area contributed by atoms with Gasteiger partial charge in [0, 0.05) is 31.7 Å². The molecule has 8 heteroatoms. The number of benzene rings is 1. The second kappa shape index (κ2) is 5.72. The fraction of sp³-hybridized carbons (Fsp3) is 0.562. The number of rotatable bonds is 3. The summed E-state index contributed by atoms with van der Waals surface area (Å²) in [6.45, 7) is 3.96. The van der Waals surface area contributed by atoms with E-state index in [0.29, 0.717) is 24.0 Å². The van der Waals surface area contributed by atoms with Crippen molar-refractivity contribution in [2.75, 3.05) is 31.6 Å². The Morgan fingerprint density at radius 3 is 2.75 bits per heavy atom. The first-order valence-corrected chi connectivity index (χ1v) is 9.72. The maximum Gasteiger partial charge on any atom is 0.262 e. The second-order valence-corrected chi connectivity index (χ2v) is 8.58. The van der Waals surface area contributed by atoms with Gasteiger partial charge in [-0.1, -0.05) is 0 Å². The lowest BCUT2D eigenvalue weighted by atomic mass is 10.2. The molecular formula is C16H21N3O4S. The Morgan fingerprint density at radius 2 is 2.04 bits per heavy atom. The number of hydrogen-bond acceptors (Lipinski definition) is 5. The number of piperazine rings is 1. The van der Waals surface area contributed by atoms with Crippen LogP contribution >= 0.6 is 0 Å². The predicted octanol–water partition coefficient (Wildman–Crippen LogP) is 0.875. The van der Waals surface area contributed by atoms with Crippen molar-refractivity contribution in [2.24, 2.45) is 0 Å². The highest BCUT2D eigenvalue weighted by molar-refractivity contribution is 7.89. The molecule has 1 aromatic rings. The zero-order chi connectivity index (χ0) is 16.9. The van der Waals surface area contributed by atoms with Crippen LogP contribution in [0.1, 0.15) is 19.8 Å². The Labute approximate surface area is 141 Å². The third-order valence-electron chi connectivity index (χ3n) is 4.85. The average Bonchev–Trinajstić information content (AvgIpc) is 3.38. The Balaban J connectivity index is 1.58. The number of nitrogens with zero attached hydrogens (tertiary/aromatic N) is 2. The lowest BCUT2D eigenvalue weighted by molar-refractivity contribution is -0.118. The van der Waals surface area contributed by atoms with E-state index in [4.69, 9.17) is 4.74 Å². The molecule has 0 spiro atoms. The minimum Gasteiger partial charge on any atom is -0.482 e. The summed E-state index contributed by atoms with van der Waals surface area (Å²) in [4.78, 5) is 14.0. The summed E-state index contributed by atoms with van der Waals surface area (Å²) < 4.78 is 32.9. The van der Waals surface area contributed by atoms with Gasteiger partial charge in [-0.25, -0.2) is 8.42 Å². The van der Waals surface area contributed by atoms with Crippen LogP contribution in [-0.4, -0.2) is 61.9 Å². The van der Waals surface area contributed by atoms with Crippen LogP contribution < -0.4 is 10.1 Å². The molecule has 1 atom stereocenters. The fourth-order valence-corrected chi connectivity index (χ4v) is 5.10. The van der Waals surface area contributed by atoms with Gasteiger partial charge in [-0.15, -0.1) is 0 Å². The Kier molecular flexibility index (Phi) is 3.78. The summed E-state index contributed by atoms with van der Waals surface area (Å²) >= 11 is 0. The summed E-state index contributed by atoms with van der Waals surface area (Å²) in [5.74, 6) is 0.226. The molecule has 0 aromatic heterocycles. The third-order valence-corrected chi connectivity index (χ3v) is 6.86. The van der Waals surface area contributed by atoms with Crippen LogP contribution in [0.5, 0.6) is 5.75 Å². The third kappa shape index (κ3) is 2.78. The van der Waals surface area contributed by atoms with E-state index in [1.54, 1.807) is 16.4 Å².